The fourth-order valence-electron chi connectivity index (χ4n) is 3.47. The minimum Gasteiger partial charge on any atom is -0.369 e. The lowest BCUT2D eigenvalue weighted by Gasteiger charge is -2.36. The molecule has 0 saturated heterocycles. The van der Waals surface area contributed by atoms with Crippen LogP contribution in [0.15, 0.2) is 30.5 Å². The van der Waals surface area contributed by atoms with E-state index in [0.29, 0.717) is 6.04 Å². The van der Waals surface area contributed by atoms with Gasteiger partial charge >= 0.3 is 0 Å². The molecule has 0 fully saturated rings. The van der Waals surface area contributed by atoms with E-state index in [4.69, 9.17) is 0 Å². The predicted molar refractivity (Wildman–Crippen MR) is 88.7 cm³/mol. The molecule has 1 aromatic heterocycles. The first-order chi connectivity index (χ1) is 10.2. The molecule has 1 aliphatic heterocycles. The molecular weight excluding hydrogens is 258 g/mol. The van der Waals surface area contributed by atoms with Crippen molar-refractivity contribution in [3.63, 3.8) is 0 Å². The van der Waals surface area contributed by atoms with Crippen LogP contribution in [0.3, 0.4) is 0 Å². The Bertz CT molecular complexity index is 615. The number of aromatic nitrogens is 2. The summed E-state index contributed by atoms with van der Waals surface area (Å²) in [5, 5.41) is 4.28. The van der Waals surface area contributed by atoms with Crippen LogP contribution >= 0.6 is 0 Å². The highest BCUT2D eigenvalue weighted by Crippen LogP contribution is 2.33. The standard InChI is InChI=1S/C18H25N3/c1-4-6-14(2)21-12-5-7-15-13-16(8-9-18(15)21)17-10-11-19-20(17)3/h8-11,13-14H,4-7,12H2,1-3H3. The third-order valence-corrected chi connectivity index (χ3v) is 4.59. The first-order valence-electron chi connectivity index (χ1n) is 8.08. The van der Waals surface area contributed by atoms with Crippen molar-refractivity contribution >= 4 is 5.69 Å². The van der Waals surface area contributed by atoms with Gasteiger partial charge in [0.2, 0.25) is 0 Å². The summed E-state index contributed by atoms with van der Waals surface area (Å²) in [4.78, 5) is 2.59. The second-order valence-electron chi connectivity index (χ2n) is 6.12. The average Bonchev–Trinajstić information content (AvgIpc) is 2.92. The van der Waals surface area contributed by atoms with Crippen LogP contribution in [0.4, 0.5) is 5.69 Å². The van der Waals surface area contributed by atoms with Crippen molar-refractivity contribution in [3.05, 3.63) is 36.0 Å². The topological polar surface area (TPSA) is 21.1 Å². The monoisotopic (exact) mass is 283 g/mol. The fourth-order valence-corrected chi connectivity index (χ4v) is 3.47. The molecule has 0 spiro atoms. The lowest BCUT2D eigenvalue weighted by molar-refractivity contribution is 0.554. The number of nitrogens with zero attached hydrogens (tertiary/aromatic N) is 3. The van der Waals surface area contributed by atoms with Crippen molar-refractivity contribution in [2.45, 2.75) is 45.6 Å². The van der Waals surface area contributed by atoms with Crippen molar-refractivity contribution in [1.82, 2.24) is 9.78 Å². The van der Waals surface area contributed by atoms with Crippen LogP contribution in [0.1, 0.15) is 38.7 Å². The maximum atomic E-state index is 4.28. The highest BCUT2D eigenvalue weighted by Gasteiger charge is 2.21. The molecule has 2 heterocycles. The minimum atomic E-state index is 0.636. The molecule has 1 atom stereocenters. The van der Waals surface area contributed by atoms with Crippen LogP contribution < -0.4 is 4.90 Å². The smallest absolute Gasteiger partial charge is 0.0679 e. The van der Waals surface area contributed by atoms with E-state index < -0.39 is 0 Å². The third kappa shape index (κ3) is 2.69. The summed E-state index contributed by atoms with van der Waals surface area (Å²) in [6.07, 6.45) is 6.83. The molecule has 0 aliphatic carbocycles. The molecule has 21 heavy (non-hydrogen) atoms. The fraction of sp³-hybridized carbons (Fsp3) is 0.500. The molecule has 3 nitrogen and oxygen atoms in total. The van der Waals surface area contributed by atoms with E-state index in [0.717, 1.165) is 0 Å². The summed E-state index contributed by atoms with van der Waals surface area (Å²) >= 11 is 0. The number of anilines is 1. The summed E-state index contributed by atoms with van der Waals surface area (Å²) in [5.41, 5.74) is 5.39. The normalized spacial score (nSPS) is 15.9. The van der Waals surface area contributed by atoms with Crippen LogP contribution in [0, 0.1) is 0 Å². The lowest BCUT2D eigenvalue weighted by Crippen LogP contribution is -2.37. The quantitative estimate of drug-likeness (QED) is 0.844. The summed E-state index contributed by atoms with van der Waals surface area (Å²) in [6.45, 7) is 5.82. The van der Waals surface area contributed by atoms with E-state index in [-0.39, 0.29) is 0 Å². The van der Waals surface area contributed by atoms with Gasteiger partial charge in [-0.05, 0) is 49.9 Å². The van der Waals surface area contributed by atoms with E-state index in [1.54, 1.807) is 0 Å². The van der Waals surface area contributed by atoms with Crippen LogP contribution in [0.5, 0.6) is 0 Å². The molecule has 1 aliphatic rings. The first-order valence-corrected chi connectivity index (χ1v) is 8.08. The zero-order valence-corrected chi connectivity index (χ0v) is 13.3. The van der Waals surface area contributed by atoms with Crippen LogP contribution in [0.2, 0.25) is 0 Å². The van der Waals surface area contributed by atoms with Gasteiger partial charge in [0, 0.05) is 37.1 Å². The molecule has 3 rings (SSSR count). The van der Waals surface area contributed by atoms with E-state index >= 15 is 0 Å². The number of hydrogen-bond acceptors (Lipinski definition) is 2. The molecule has 1 aromatic carbocycles. The van der Waals surface area contributed by atoms with Gasteiger partial charge in [0.15, 0.2) is 0 Å². The second kappa shape index (κ2) is 5.92. The highest BCUT2D eigenvalue weighted by atomic mass is 15.3. The number of hydrogen-bond donors (Lipinski definition) is 0. The number of rotatable bonds is 4. The largest absolute Gasteiger partial charge is 0.369 e. The maximum Gasteiger partial charge on any atom is 0.0679 e. The molecule has 0 saturated carbocycles. The van der Waals surface area contributed by atoms with Gasteiger partial charge in [0.25, 0.3) is 0 Å². The third-order valence-electron chi connectivity index (χ3n) is 4.59. The van der Waals surface area contributed by atoms with Crippen LogP contribution in [-0.2, 0) is 13.5 Å². The zero-order chi connectivity index (χ0) is 14.8. The predicted octanol–water partition coefficient (Wildman–Crippen LogP) is 4.03. The van der Waals surface area contributed by atoms with Gasteiger partial charge in [0.05, 0.1) is 5.69 Å². The number of fused-ring (bicyclic) bond motifs is 1. The van der Waals surface area contributed by atoms with Crippen LogP contribution in [0.25, 0.3) is 11.3 Å². The van der Waals surface area contributed by atoms with Gasteiger partial charge in [-0.15, -0.1) is 0 Å². The number of aryl methyl sites for hydroxylation is 2. The summed E-state index contributed by atoms with van der Waals surface area (Å²) in [5.74, 6) is 0. The van der Waals surface area contributed by atoms with Crippen LogP contribution in [-0.4, -0.2) is 22.4 Å². The molecule has 1 unspecified atom stereocenters. The second-order valence-corrected chi connectivity index (χ2v) is 6.12. The highest BCUT2D eigenvalue weighted by molar-refractivity contribution is 5.67. The Morgan fingerprint density at radius 2 is 2.14 bits per heavy atom. The van der Waals surface area contributed by atoms with E-state index in [2.05, 4.69) is 48.1 Å². The van der Waals surface area contributed by atoms with Crippen molar-refractivity contribution in [2.75, 3.05) is 11.4 Å². The Labute approximate surface area is 127 Å². The van der Waals surface area contributed by atoms with Crippen molar-refractivity contribution in [2.24, 2.45) is 7.05 Å². The Hall–Kier alpha value is -1.77. The molecule has 112 valence electrons. The van der Waals surface area contributed by atoms with Gasteiger partial charge in [0.1, 0.15) is 0 Å². The molecule has 2 aromatic rings. The summed E-state index contributed by atoms with van der Waals surface area (Å²) < 4.78 is 1.95. The Morgan fingerprint density at radius 1 is 1.29 bits per heavy atom. The molecule has 0 N–H and O–H groups in total. The number of benzene rings is 1. The van der Waals surface area contributed by atoms with Gasteiger partial charge in [-0.3, -0.25) is 4.68 Å². The molecular formula is C18H25N3. The summed E-state index contributed by atoms with van der Waals surface area (Å²) in [7, 11) is 2.00. The minimum absolute atomic E-state index is 0.636. The van der Waals surface area contributed by atoms with Gasteiger partial charge in [-0.25, -0.2) is 0 Å². The lowest BCUT2D eigenvalue weighted by atomic mass is 9.96. The average molecular weight is 283 g/mol. The van der Waals surface area contributed by atoms with Gasteiger partial charge in [-0.1, -0.05) is 19.4 Å². The maximum absolute atomic E-state index is 4.28. The molecule has 0 amide bonds. The Balaban J connectivity index is 1.94. The Kier molecular flexibility index (Phi) is 4.00. The van der Waals surface area contributed by atoms with E-state index in [1.165, 1.54) is 54.7 Å². The molecule has 0 bridgehead atoms. The molecule has 0 radical (unpaired) electrons. The van der Waals surface area contributed by atoms with Crippen molar-refractivity contribution in [3.8, 4) is 11.3 Å². The SMILES string of the molecule is CCCC(C)N1CCCc2cc(-c3ccnn3C)ccc21. The van der Waals surface area contributed by atoms with E-state index in [1.807, 2.05) is 17.9 Å². The van der Waals surface area contributed by atoms with Gasteiger partial charge < -0.3 is 4.90 Å². The summed E-state index contributed by atoms with van der Waals surface area (Å²) in [6, 6.07) is 9.63. The van der Waals surface area contributed by atoms with E-state index in [9.17, 15) is 0 Å². The molecule has 3 heteroatoms. The zero-order valence-electron chi connectivity index (χ0n) is 13.3. The van der Waals surface area contributed by atoms with Crippen molar-refractivity contribution < 1.29 is 0 Å². The van der Waals surface area contributed by atoms with Gasteiger partial charge in [-0.2, -0.15) is 5.10 Å². The Morgan fingerprint density at radius 3 is 2.86 bits per heavy atom. The first kappa shape index (κ1) is 14.2. The van der Waals surface area contributed by atoms with Crippen molar-refractivity contribution in [1.29, 1.82) is 0 Å².